The van der Waals surface area contributed by atoms with Crippen LogP contribution in [0.2, 0.25) is 5.02 Å². The molecule has 1 saturated heterocycles. The van der Waals surface area contributed by atoms with E-state index in [0.29, 0.717) is 6.04 Å². The Morgan fingerprint density at radius 1 is 1.25 bits per heavy atom. The molecule has 0 radical (unpaired) electrons. The average Bonchev–Trinajstić information content (AvgIpc) is 2.74. The number of fused-ring (bicyclic) bond motifs is 1. The molecule has 1 N–H and O–H groups in total. The van der Waals surface area contributed by atoms with E-state index in [-0.39, 0.29) is 0 Å². The second-order valence-corrected chi connectivity index (χ2v) is 5.87. The molecule has 4 heteroatoms. The molecule has 1 fully saturated rings. The Morgan fingerprint density at radius 2 is 2.15 bits per heavy atom. The summed E-state index contributed by atoms with van der Waals surface area (Å²) in [6.07, 6.45) is 5.54. The quantitative estimate of drug-likeness (QED) is 0.917. The van der Waals surface area contributed by atoms with E-state index < -0.39 is 0 Å². The Balaban J connectivity index is 1.96. The van der Waals surface area contributed by atoms with Crippen molar-refractivity contribution in [1.82, 2.24) is 10.3 Å². The largest absolute Gasteiger partial charge is 0.371 e. The van der Waals surface area contributed by atoms with Crippen molar-refractivity contribution in [2.45, 2.75) is 25.3 Å². The predicted octanol–water partition coefficient (Wildman–Crippen LogP) is 3.47. The van der Waals surface area contributed by atoms with E-state index in [9.17, 15) is 0 Å². The number of aromatic nitrogens is 1. The van der Waals surface area contributed by atoms with Crippen LogP contribution in [-0.4, -0.2) is 31.2 Å². The van der Waals surface area contributed by atoms with Gasteiger partial charge in [0.2, 0.25) is 0 Å². The van der Waals surface area contributed by atoms with Crippen molar-refractivity contribution in [2.75, 3.05) is 25.0 Å². The molecule has 1 aliphatic heterocycles. The van der Waals surface area contributed by atoms with Crippen LogP contribution in [-0.2, 0) is 0 Å². The van der Waals surface area contributed by atoms with Crippen molar-refractivity contribution in [1.29, 1.82) is 0 Å². The van der Waals surface area contributed by atoms with Gasteiger partial charge in [-0.1, -0.05) is 11.6 Å². The van der Waals surface area contributed by atoms with Gasteiger partial charge in [0.1, 0.15) is 0 Å². The lowest BCUT2D eigenvalue weighted by atomic mass is 10.1. The average molecular weight is 290 g/mol. The van der Waals surface area contributed by atoms with Crippen LogP contribution in [0.3, 0.4) is 0 Å². The van der Waals surface area contributed by atoms with Gasteiger partial charge >= 0.3 is 0 Å². The summed E-state index contributed by atoms with van der Waals surface area (Å²) in [5, 5.41) is 5.39. The third-order valence-corrected chi connectivity index (χ3v) is 4.39. The van der Waals surface area contributed by atoms with Gasteiger partial charge in [-0.25, -0.2) is 0 Å². The highest BCUT2D eigenvalue weighted by atomic mass is 35.5. The molecule has 2 aromatic rings. The number of pyridine rings is 1. The van der Waals surface area contributed by atoms with Crippen LogP contribution >= 0.6 is 11.6 Å². The predicted molar refractivity (Wildman–Crippen MR) is 85.7 cm³/mol. The maximum absolute atomic E-state index is 6.06. The Hall–Kier alpha value is -1.32. The van der Waals surface area contributed by atoms with E-state index in [2.05, 4.69) is 34.4 Å². The minimum atomic E-state index is 0.589. The Labute approximate surface area is 124 Å². The van der Waals surface area contributed by atoms with Crippen molar-refractivity contribution in [3.8, 4) is 0 Å². The van der Waals surface area contributed by atoms with Crippen LogP contribution in [0.4, 0.5) is 5.69 Å². The van der Waals surface area contributed by atoms with Crippen molar-refractivity contribution in [3.05, 3.63) is 35.5 Å². The molecule has 1 unspecified atom stereocenters. The zero-order valence-electron chi connectivity index (χ0n) is 11.8. The summed E-state index contributed by atoms with van der Waals surface area (Å²) in [4.78, 5) is 6.83. The molecule has 20 heavy (non-hydrogen) atoms. The van der Waals surface area contributed by atoms with Crippen LogP contribution in [0.1, 0.15) is 19.3 Å². The Bertz CT molecular complexity index is 591. The standard InChI is InChI=1S/C16H20ClN3/c1-20(13-3-2-8-18-9-6-13)16-7-10-19-15-11-12(17)4-5-14(15)16/h4-5,7,10-11,13,18H,2-3,6,8-9H2,1H3. The van der Waals surface area contributed by atoms with E-state index in [1.807, 2.05) is 18.3 Å². The van der Waals surface area contributed by atoms with Crippen LogP contribution in [0, 0.1) is 0 Å². The van der Waals surface area contributed by atoms with E-state index in [1.165, 1.54) is 30.3 Å². The monoisotopic (exact) mass is 289 g/mol. The molecule has 3 rings (SSSR count). The fourth-order valence-electron chi connectivity index (χ4n) is 3.00. The fraction of sp³-hybridized carbons (Fsp3) is 0.438. The molecule has 1 aromatic carbocycles. The smallest absolute Gasteiger partial charge is 0.0737 e. The van der Waals surface area contributed by atoms with Crippen molar-refractivity contribution in [3.63, 3.8) is 0 Å². The van der Waals surface area contributed by atoms with Gasteiger partial charge in [0.25, 0.3) is 0 Å². The van der Waals surface area contributed by atoms with Gasteiger partial charge in [0, 0.05) is 35.4 Å². The first kappa shape index (κ1) is 13.7. The summed E-state index contributed by atoms with van der Waals surface area (Å²) >= 11 is 6.06. The Kier molecular flexibility index (Phi) is 4.08. The molecule has 0 spiro atoms. The maximum atomic E-state index is 6.06. The van der Waals surface area contributed by atoms with E-state index >= 15 is 0 Å². The van der Waals surface area contributed by atoms with Gasteiger partial charge in [0.15, 0.2) is 0 Å². The van der Waals surface area contributed by atoms with Gasteiger partial charge in [0.05, 0.1) is 5.52 Å². The molecule has 0 amide bonds. The van der Waals surface area contributed by atoms with Crippen molar-refractivity contribution >= 4 is 28.2 Å². The number of halogens is 1. The highest BCUT2D eigenvalue weighted by Gasteiger charge is 2.18. The van der Waals surface area contributed by atoms with Crippen LogP contribution in [0.5, 0.6) is 0 Å². The summed E-state index contributed by atoms with van der Waals surface area (Å²) in [5.41, 5.74) is 2.21. The number of rotatable bonds is 2. The van der Waals surface area contributed by atoms with E-state index in [0.717, 1.165) is 23.6 Å². The Morgan fingerprint density at radius 3 is 3.05 bits per heavy atom. The molecule has 1 atom stereocenters. The first-order valence-electron chi connectivity index (χ1n) is 7.23. The van der Waals surface area contributed by atoms with E-state index in [4.69, 9.17) is 11.6 Å². The molecule has 1 aromatic heterocycles. The first-order valence-corrected chi connectivity index (χ1v) is 7.61. The van der Waals surface area contributed by atoms with Gasteiger partial charge in [-0.15, -0.1) is 0 Å². The highest BCUT2D eigenvalue weighted by Crippen LogP contribution is 2.29. The van der Waals surface area contributed by atoms with E-state index in [1.54, 1.807) is 0 Å². The lowest BCUT2D eigenvalue weighted by molar-refractivity contribution is 0.568. The number of nitrogens with one attached hydrogen (secondary N) is 1. The number of hydrogen-bond donors (Lipinski definition) is 1. The lowest BCUT2D eigenvalue weighted by Gasteiger charge is -2.30. The molecule has 0 saturated carbocycles. The first-order chi connectivity index (χ1) is 9.75. The third kappa shape index (κ3) is 2.74. The number of nitrogens with zero attached hydrogens (tertiary/aromatic N) is 2. The van der Waals surface area contributed by atoms with Gasteiger partial charge in [-0.05, 0) is 56.6 Å². The number of hydrogen-bond acceptors (Lipinski definition) is 3. The fourth-order valence-corrected chi connectivity index (χ4v) is 3.16. The third-order valence-electron chi connectivity index (χ3n) is 4.15. The molecule has 0 aliphatic carbocycles. The summed E-state index contributed by atoms with van der Waals surface area (Å²) in [7, 11) is 2.19. The molecule has 106 valence electrons. The van der Waals surface area contributed by atoms with Gasteiger partial charge in [-0.3, -0.25) is 4.98 Å². The van der Waals surface area contributed by atoms with Crippen LogP contribution < -0.4 is 10.2 Å². The highest BCUT2D eigenvalue weighted by molar-refractivity contribution is 6.31. The van der Waals surface area contributed by atoms with Crippen molar-refractivity contribution in [2.24, 2.45) is 0 Å². The SMILES string of the molecule is CN(c1ccnc2cc(Cl)ccc12)C1CCCNCC1. The maximum Gasteiger partial charge on any atom is 0.0737 e. The normalized spacial score (nSPS) is 19.8. The summed E-state index contributed by atoms with van der Waals surface area (Å²) in [6, 6.07) is 8.65. The number of anilines is 1. The molecule has 3 nitrogen and oxygen atoms in total. The minimum Gasteiger partial charge on any atom is -0.371 e. The molecule has 0 bridgehead atoms. The summed E-state index contributed by atoms with van der Waals surface area (Å²) in [5.74, 6) is 0. The van der Waals surface area contributed by atoms with Crippen molar-refractivity contribution < 1.29 is 0 Å². The topological polar surface area (TPSA) is 28.2 Å². The molecule has 1 aliphatic rings. The summed E-state index contributed by atoms with van der Waals surface area (Å²) in [6.45, 7) is 2.24. The van der Waals surface area contributed by atoms with Gasteiger partial charge < -0.3 is 10.2 Å². The lowest BCUT2D eigenvalue weighted by Crippen LogP contribution is -2.32. The number of benzene rings is 1. The zero-order valence-corrected chi connectivity index (χ0v) is 12.5. The summed E-state index contributed by atoms with van der Waals surface area (Å²) < 4.78 is 0. The molecule has 2 heterocycles. The molecular weight excluding hydrogens is 270 g/mol. The van der Waals surface area contributed by atoms with Crippen LogP contribution in [0.25, 0.3) is 10.9 Å². The minimum absolute atomic E-state index is 0.589. The zero-order chi connectivity index (χ0) is 13.9. The second-order valence-electron chi connectivity index (χ2n) is 5.44. The second kappa shape index (κ2) is 5.98. The van der Waals surface area contributed by atoms with Gasteiger partial charge in [-0.2, -0.15) is 0 Å². The van der Waals surface area contributed by atoms with Crippen LogP contribution in [0.15, 0.2) is 30.5 Å². The molecular formula is C16H20ClN3.